The fraction of sp³-hybridized carbons (Fsp3) is 0.750. The molecule has 1 atom stereocenters. The number of hydrogen-bond acceptors (Lipinski definition) is 6. The first kappa shape index (κ1) is 12.9. The summed E-state index contributed by atoms with van der Waals surface area (Å²) in [5.41, 5.74) is 0. The van der Waals surface area contributed by atoms with E-state index in [4.69, 9.17) is 11.6 Å². The molecule has 2 aliphatic rings. The molecule has 0 saturated carbocycles. The lowest BCUT2D eigenvalue weighted by Gasteiger charge is -2.25. The van der Waals surface area contributed by atoms with Gasteiger partial charge in [-0.2, -0.15) is 15.0 Å². The minimum atomic E-state index is 0.252. The van der Waals surface area contributed by atoms with E-state index in [1.165, 1.54) is 25.9 Å². The molecule has 0 bridgehead atoms. The van der Waals surface area contributed by atoms with Crippen molar-refractivity contribution in [2.24, 2.45) is 0 Å². The molecule has 2 saturated heterocycles. The van der Waals surface area contributed by atoms with Crippen molar-refractivity contribution in [3.63, 3.8) is 0 Å². The number of nitrogens with one attached hydrogen (secondary N) is 1. The molecular weight excluding hydrogens is 264 g/mol. The lowest BCUT2D eigenvalue weighted by Crippen LogP contribution is -2.37. The molecule has 3 rings (SSSR count). The van der Waals surface area contributed by atoms with Crippen molar-refractivity contribution in [1.82, 2.24) is 19.9 Å². The number of halogens is 1. The number of rotatable bonds is 2. The van der Waals surface area contributed by atoms with Crippen molar-refractivity contribution in [1.29, 1.82) is 0 Å². The predicted octanol–water partition coefficient (Wildman–Crippen LogP) is 1.24. The molecule has 19 heavy (non-hydrogen) atoms. The number of nitrogens with zero attached hydrogens (tertiary/aromatic N) is 5. The molecule has 1 N–H and O–H groups in total. The van der Waals surface area contributed by atoms with Gasteiger partial charge in [0.25, 0.3) is 0 Å². The summed E-state index contributed by atoms with van der Waals surface area (Å²) >= 11 is 5.96. The molecule has 0 aliphatic carbocycles. The summed E-state index contributed by atoms with van der Waals surface area (Å²) in [6.07, 6.45) is 3.72. The van der Waals surface area contributed by atoms with Gasteiger partial charge >= 0.3 is 0 Å². The summed E-state index contributed by atoms with van der Waals surface area (Å²) < 4.78 is 0. The minimum Gasteiger partial charge on any atom is -0.357 e. The van der Waals surface area contributed by atoms with E-state index >= 15 is 0 Å². The number of fused-ring (bicyclic) bond motifs is 1. The van der Waals surface area contributed by atoms with Crippen LogP contribution in [0.1, 0.15) is 19.3 Å². The fourth-order valence-corrected chi connectivity index (χ4v) is 3.14. The molecule has 0 spiro atoms. The number of hydrogen-bond donors (Lipinski definition) is 1. The first-order valence-corrected chi connectivity index (χ1v) is 7.22. The van der Waals surface area contributed by atoms with Gasteiger partial charge in [0.2, 0.25) is 17.2 Å². The van der Waals surface area contributed by atoms with E-state index < -0.39 is 0 Å². The van der Waals surface area contributed by atoms with Gasteiger partial charge in [0, 0.05) is 32.7 Å². The Morgan fingerprint density at radius 1 is 1.16 bits per heavy atom. The van der Waals surface area contributed by atoms with Crippen LogP contribution in [0.2, 0.25) is 5.28 Å². The van der Waals surface area contributed by atoms with Crippen LogP contribution < -0.4 is 10.2 Å². The maximum absolute atomic E-state index is 5.96. The van der Waals surface area contributed by atoms with Crippen molar-refractivity contribution >= 4 is 23.5 Å². The highest BCUT2D eigenvalue weighted by Gasteiger charge is 2.29. The Labute approximate surface area is 118 Å². The van der Waals surface area contributed by atoms with Crippen molar-refractivity contribution < 1.29 is 0 Å². The zero-order chi connectivity index (χ0) is 13.2. The van der Waals surface area contributed by atoms with Crippen molar-refractivity contribution in [2.75, 3.05) is 43.4 Å². The minimum absolute atomic E-state index is 0.252. The quantitative estimate of drug-likeness (QED) is 0.881. The average molecular weight is 283 g/mol. The zero-order valence-corrected chi connectivity index (χ0v) is 11.9. The molecule has 0 amide bonds. The largest absolute Gasteiger partial charge is 0.357 e. The van der Waals surface area contributed by atoms with Crippen molar-refractivity contribution in [2.45, 2.75) is 25.3 Å². The van der Waals surface area contributed by atoms with E-state index in [1.54, 1.807) is 7.05 Å². The Morgan fingerprint density at radius 2 is 2.00 bits per heavy atom. The third kappa shape index (κ3) is 2.74. The third-order valence-corrected chi connectivity index (χ3v) is 4.08. The lowest BCUT2D eigenvalue weighted by atomic mass is 10.2. The van der Waals surface area contributed by atoms with Gasteiger partial charge in [-0.25, -0.2) is 0 Å². The number of anilines is 2. The summed E-state index contributed by atoms with van der Waals surface area (Å²) in [6.45, 7) is 4.39. The zero-order valence-electron chi connectivity index (χ0n) is 11.1. The Balaban J connectivity index is 1.82. The number of aromatic nitrogens is 3. The maximum atomic E-state index is 5.96. The standard InChI is InChI=1S/C12H19ClN6/c1-14-11-15-10(13)16-12(17-11)19-7-3-6-18-5-2-4-9(18)8-19/h9H,2-8H2,1H3,(H,14,15,16,17). The normalized spacial score (nSPS) is 24.1. The molecular formula is C12H19ClN6. The van der Waals surface area contributed by atoms with Crippen LogP contribution in [-0.4, -0.2) is 59.1 Å². The van der Waals surface area contributed by atoms with Gasteiger partial charge in [0.1, 0.15) is 0 Å². The topological polar surface area (TPSA) is 57.2 Å². The van der Waals surface area contributed by atoms with Gasteiger partial charge in [0.15, 0.2) is 0 Å². The van der Waals surface area contributed by atoms with Crippen LogP contribution in [0.4, 0.5) is 11.9 Å². The molecule has 1 aromatic heterocycles. The molecule has 104 valence electrons. The van der Waals surface area contributed by atoms with Gasteiger partial charge in [0.05, 0.1) is 0 Å². The van der Waals surface area contributed by atoms with Gasteiger partial charge < -0.3 is 10.2 Å². The summed E-state index contributed by atoms with van der Waals surface area (Å²) in [5.74, 6) is 1.22. The highest BCUT2D eigenvalue weighted by Crippen LogP contribution is 2.24. The van der Waals surface area contributed by atoms with Crippen LogP contribution in [-0.2, 0) is 0 Å². The first-order valence-electron chi connectivity index (χ1n) is 6.84. The van der Waals surface area contributed by atoms with Crippen molar-refractivity contribution in [3.05, 3.63) is 5.28 Å². The van der Waals surface area contributed by atoms with Gasteiger partial charge in [-0.3, -0.25) is 4.90 Å². The van der Waals surface area contributed by atoms with E-state index in [-0.39, 0.29) is 5.28 Å². The van der Waals surface area contributed by atoms with Gasteiger partial charge in [-0.05, 0) is 37.4 Å². The molecule has 6 nitrogen and oxygen atoms in total. The Hall–Kier alpha value is -1.14. The van der Waals surface area contributed by atoms with Gasteiger partial charge in [-0.1, -0.05) is 0 Å². The lowest BCUT2D eigenvalue weighted by molar-refractivity contribution is 0.273. The van der Waals surface area contributed by atoms with Crippen LogP contribution in [0.25, 0.3) is 0 Å². The Morgan fingerprint density at radius 3 is 2.84 bits per heavy atom. The van der Waals surface area contributed by atoms with Crippen LogP contribution in [0.5, 0.6) is 0 Å². The van der Waals surface area contributed by atoms with E-state index in [0.717, 1.165) is 19.5 Å². The Kier molecular flexibility index (Phi) is 3.70. The summed E-state index contributed by atoms with van der Waals surface area (Å²) in [7, 11) is 1.79. The smallest absolute Gasteiger partial charge is 0.231 e. The molecule has 2 fully saturated rings. The summed E-state index contributed by atoms with van der Waals surface area (Å²) in [6, 6.07) is 0.635. The van der Waals surface area contributed by atoms with E-state index in [9.17, 15) is 0 Å². The maximum Gasteiger partial charge on any atom is 0.231 e. The second-order valence-corrected chi connectivity index (χ2v) is 5.45. The van der Waals surface area contributed by atoms with Crippen LogP contribution >= 0.6 is 11.6 Å². The molecule has 1 aromatic rings. The molecule has 3 heterocycles. The van der Waals surface area contributed by atoms with Gasteiger partial charge in [-0.15, -0.1) is 0 Å². The molecule has 0 radical (unpaired) electrons. The first-order chi connectivity index (χ1) is 9.26. The SMILES string of the molecule is CNc1nc(Cl)nc(N2CCCN3CCCC3C2)n1. The van der Waals surface area contributed by atoms with E-state index in [1.807, 2.05) is 0 Å². The Bertz CT molecular complexity index is 454. The molecule has 1 unspecified atom stereocenters. The molecule has 7 heteroatoms. The highest BCUT2D eigenvalue weighted by atomic mass is 35.5. The molecule has 2 aliphatic heterocycles. The second-order valence-electron chi connectivity index (χ2n) is 5.11. The third-order valence-electron chi connectivity index (χ3n) is 3.91. The van der Waals surface area contributed by atoms with Crippen LogP contribution in [0.3, 0.4) is 0 Å². The molecule has 0 aromatic carbocycles. The fourth-order valence-electron chi connectivity index (χ4n) is 2.98. The van der Waals surface area contributed by atoms with Crippen LogP contribution in [0, 0.1) is 0 Å². The van der Waals surface area contributed by atoms with E-state index in [0.29, 0.717) is 17.9 Å². The summed E-state index contributed by atoms with van der Waals surface area (Å²) in [5, 5.41) is 3.18. The second kappa shape index (κ2) is 5.46. The summed E-state index contributed by atoms with van der Waals surface area (Å²) in [4.78, 5) is 17.6. The average Bonchev–Trinajstić information content (AvgIpc) is 2.75. The van der Waals surface area contributed by atoms with E-state index in [2.05, 4.69) is 30.1 Å². The predicted molar refractivity (Wildman–Crippen MR) is 75.8 cm³/mol. The highest BCUT2D eigenvalue weighted by molar-refractivity contribution is 6.28. The monoisotopic (exact) mass is 282 g/mol. The van der Waals surface area contributed by atoms with Crippen LogP contribution in [0.15, 0.2) is 0 Å². The van der Waals surface area contributed by atoms with Crippen molar-refractivity contribution in [3.8, 4) is 0 Å².